The smallest absolute Gasteiger partial charge is 0.333 e. The van der Waals surface area contributed by atoms with Crippen LogP contribution in [0.2, 0.25) is 72.5 Å². The molecular weight excluding hydrogens is 881 g/mol. The normalized spacial score (nSPS) is 29.3. The summed E-state index contributed by atoms with van der Waals surface area (Å²) in [5, 5.41) is -0.0918. The number of esters is 1. The van der Waals surface area contributed by atoms with E-state index in [0.717, 1.165) is 25.7 Å². The average Bonchev–Trinajstić information content (AvgIpc) is 3.14. The summed E-state index contributed by atoms with van der Waals surface area (Å²) in [4.78, 5) is 14.1. The molecule has 0 N–H and O–H groups in total. The van der Waals surface area contributed by atoms with Gasteiger partial charge in [-0.15, -0.1) is 0 Å². The molecule has 0 aromatic rings. The molecule has 0 saturated carbocycles. The predicted octanol–water partition coefficient (Wildman–Crippen LogP) is 17.5. The highest BCUT2D eigenvalue weighted by atomic mass is 28.4. The summed E-state index contributed by atoms with van der Waals surface area (Å²) < 4.78 is 36.3. The van der Waals surface area contributed by atoms with E-state index in [-0.39, 0.29) is 50.1 Å². The first-order valence-electron chi connectivity index (χ1n) is 25.8. The average molecular weight is 990 g/mol. The number of hydrogen-bond acceptors (Lipinski definition) is 6. The van der Waals surface area contributed by atoms with Gasteiger partial charge < -0.3 is 22.4 Å². The maximum absolute atomic E-state index is 14.1. The lowest BCUT2D eigenvalue weighted by molar-refractivity contribution is -0.180. The Morgan fingerprint density at radius 3 is 1.62 bits per heavy atom. The van der Waals surface area contributed by atoms with Crippen LogP contribution in [0.3, 0.4) is 0 Å². The van der Waals surface area contributed by atoms with Crippen molar-refractivity contribution in [3.63, 3.8) is 0 Å². The van der Waals surface area contributed by atoms with E-state index >= 15 is 0 Å². The third-order valence-electron chi connectivity index (χ3n) is 16.9. The van der Waals surface area contributed by atoms with Gasteiger partial charge in [0.25, 0.3) is 0 Å². The summed E-state index contributed by atoms with van der Waals surface area (Å²) in [7, 11) is -9.29. The molecule has 0 aromatic heterocycles. The number of rotatable bonds is 11. The summed E-state index contributed by atoms with van der Waals surface area (Å²) >= 11 is 0. The zero-order valence-electron chi connectivity index (χ0n) is 48.0. The number of cyclic esters (lactones) is 1. The SMILES string of the molecule is C=CC=C[C@H](C)[C@@H]1C[C@H](C)C=C[C@H](C)[C@@H](C)[C@@H](O[Si](C)(C)C(C)(C)C)C[C@@H](O[Si](C)(C)C(C)(C)C)CC[C@@H](C)[C@H](O[Si](C)(C)C(C)(C)C)[C@H](O[Si](C)(C)C(C)(C)C)OC(=O)C=CC=C[C@H]1C. The third kappa shape index (κ3) is 19.2. The molecule has 66 heavy (non-hydrogen) atoms. The van der Waals surface area contributed by atoms with E-state index < -0.39 is 51.6 Å². The molecule has 0 aromatic carbocycles. The van der Waals surface area contributed by atoms with Crippen LogP contribution in [0, 0.1) is 41.4 Å². The van der Waals surface area contributed by atoms with Gasteiger partial charge in [0.05, 0.1) is 6.10 Å². The molecule has 0 unspecified atom stereocenters. The van der Waals surface area contributed by atoms with Gasteiger partial charge >= 0.3 is 5.97 Å². The fourth-order valence-corrected chi connectivity index (χ4v) is 12.9. The van der Waals surface area contributed by atoms with Crippen LogP contribution < -0.4 is 0 Å². The van der Waals surface area contributed by atoms with E-state index in [9.17, 15) is 4.79 Å². The largest absolute Gasteiger partial charge is 0.431 e. The molecule has 1 aliphatic heterocycles. The maximum Gasteiger partial charge on any atom is 0.333 e. The van der Waals surface area contributed by atoms with E-state index in [2.05, 4.69) is 214 Å². The number of hydrogen-bond donors (Lipinski definition) is 0. The van der Waals surface area contributed by atoms with Crippen LogP contribution in [0.1, 0.15) is 150 Å². The first kappa shape index (κ1) is 62.9. The Labute approximate surface area is 414 Å². The lowest BCUT2D eigenvalue weighted by Gasteiger charge is -2.46. The van der Waals surface area contributed by atoms with Gasteiger partial charge in [-0.25, -0.2) is 4.79 Å². The van der Waals surface area contributed by atoms with Crippen molar-refractivity contribution in [1.82, 2.24) is 0 Å². The molecule has 1 aliphatic rings. The van der Waals surface area contributed by atoms with Crippen LogP contribution in [0.25, 0.3) is 0 Å². The highest BCUT2D eigenvalue weighted by molar-refractivity contribution is 6.75. The van der Waals surface area contributed by atoms with Crippen molar-refractivity contribution in [2.24, 2.45) is 41.4 Å². The van der Waals surface area contributed by atoms with E-state index in [4.69, 9.17) is 22.4 Å². The van der Waals surface area contributed by atoms with Crippen molar-refractivity contribution >= 4 is 39.2 Å². The molecule has 0 fully saturated rings. The molecule has 6 nitrogen and oxygen atoms in total. The molecule has 0 bridgehead atoms. The molecule has 0 saturated heterocycles. The zero-order valence-corrected chi connectivity index (χ0v) is 52.0. The Balaban J connectivity index is 4.30. The van der Waals surface area contributed by atoms with Crippen LogP contribution >= 0.6 is 0 Å². The van der Waals surface area contributed by atoms with E-state index in [1.165, 1.54) is 0 Å². The van der Waals surface area contributed by atoms with Crippen molar-refractivity contribution in [1.29, 1.82) is 0 Å². The molecule has 10 heteroatoms. The van der Waals surface area contributed by atoms with E-state index in [1.54, 1.807) is 6.08 Å². The number of allylic oxidation sites excluding steroid dienone is 8. The predicted molar refractivity (Wildman–Crippen MR) is 298 cm³/mol. The van der Waals surface area contributed by atoms with Gasteiger partial charge in [0.2, 0.25) is 6.29 Å². The highest BCUT2D eigenvalue weighted by Gasteiger charge is 2.48. The molecule has 0 spiro atoms. The van der Waals surface area contributed by atoms with Gasteiger partial charge in [0.1, 0.15) is 6.10 Å². The fourth-order valence-electron chi connectivity index (χ4n) is 7.56. The van der Waals surface area contributed by atoms with Crippen molar-refractivity contribution < 1.29 is 27.2 Å². The first-order valence-corrected chi connectivity index (χ1v) is 37.5. The zero-order chi connectivity index (χ0) is 51.7. The number of ether oxygens (including phenoxy) is 1. The van der Waals surface area contributed by atoms with Gasteiger partial charge in [-0.05, 0) is 140 Å². The summed E-state index contributed by atoms with van der Waals surface area (Å²) in [6, 6.07) is 0. The van der Waals surface area contributed by atoms with Gasteiger partial charge in [0, 0.05) is 12.2 Å². The van der Waals surface area contributed by atoms with Crippen molar-refractivity contribution in [3.8, 4) is 0 Å². The van der Waals surface area contributed by atoms with Crippen LogP contribution in [-0.2, 0) is 27.2 Å². The highest BCUT2D eigenvalue weighted by Crippen LogP contribution is 2.45. The summed E-state index contributed by atoms with van der Waals surface area (Å²) in [5.74, 6) is 1.49. The molecule has 0 radical (unpaired) electrons. The van der Waals surface area contributed by atoms with Crippen molar-refractivity contribution in [2.75, 3.05) is 0 Å². The minimum atomic E-state index is -2.47. The minimum absolute atomic E-state index is 0.00689. The summed E-state index contributed by atoms with van der Waals surface area (Å²) in [6.07, 6.45) is 20.9. The number of carbonyl (C=O) groups excluding carboxylic acids is 1. The van der Waals surface area contributed by atoms with Crippen LogP contribution in [-0.4, -0.2) is 63.8 Å². The lowest BCUT2D eigenvalue weighted by Crippen LogP contribution is -2.55. The summed E-state index contributed by atoms with van der Waals surface area (Å²) in [6.45, 7) is 64.2. The quantitative estimate of drug-likeness (QED) is 0.0890. The molecule has 1 heterocycles. The molecule has 0 aliphatic carbocycles. The maximum atomic E-state index is 14.1. The first-order chi connectivity index (χ1) is 29.6. The topological polar surface area (TPSA) is 63.2 Å². The van der Waals surface area contributed by atoms with Gasteiger partial charge in [-0.2, -0.15) is 0 Å². The standard InChI is InChI=1S/C56H108O6Si4/c1-28-29-32-43(4)48-39-41(2)35-36-42(3)46(7)49(60-64(22,23)54(11,12)13)40-47(59-63(20,21)53(8,9)10)38-37-45(6)51(61-65(24,25)55(14,15)16)52(62-66(26,27)56(17,18)19)58-50(57)34-31-30-33-44(48)5/h28-36,41-49,51-52H,1,37-40H2,2-27H3/t41-,42+,43+,44-,45-,46-,47+,48+,49+,51+,52+/m1/s1. The second-order valence-electron chi connectivity index (χ2n) is 26.8. The Hall–Kier alpha value is -1.12. The number of carbonyl (C=O) groups is 1. The Morgan fingerprint density at radius 2 is 1.12 bits per heavy atom. The Kier molecular flexibility index (Phi) is 23.6. The van der Waals surface area contributed by atoms with Crippen molar-refractivity contribution in [3.05, 3.63) is 61.3 Å². The van der Waals surface area contributed by atoms with Crippen LogP contribution in [0.5, 0.6) is 0 Å². The van der Waals surface area contributed by atoms with Gasteiger partial charge in [-0.3, -0.25) is 0 Å². The van der Waals surface area contributed by atoms with Gasteiger partial charge in [0.15, 0.2) is 33.3 Å². The Bertz CT molecular complexity index is 1620. The molecule has 384 valence electrons. The van der Waals surface area contributed by atoms with E-state index in [0.29, 0.717) is 23.7 Å². The molecule has 0 amide bonds. The van der Waals surface area contributed by atoms with Gasteiger partial charge in [-0.1, -0.05) is 180 Å². The second kappa shape index (κ2) is 24.8. The molecule has 1 rings (SSSR count). The fraction of sp³-hybridized carbons (Fsp3) is 0.804. The molecular formula is C56H108O6Si4. The minimum Gasteiger partial charge on any atom is -0.431 e. The van der Waals surface area contributed by atoms with Crippen LogP contribution in [0.4, 0.5) is 0 Å². The lowest BCUT2D eigenvalue weighted by atomic mass is 9.77. The third-order valence-corrected chi connectivity index (χ3v) is 34.9. The summed E-state index contributed by atoms with van der Waals surface area (Å²) in [5.41, 5.74) is 0. The van der Waals surface area contributed by atoms with Crippen molar-refractivity contribution in [2.45, 2.75) is 247 Å². The molecule has 11 atom stereocenters. The second-order valence-corrected chi connectivity index (χ2v) is 45.8. The Morgan fingerprint density at radius 1 is 0.636 bits per heavy atom. The van der Waals surface area contributed by atoms with Crippen LogP contribution in [0.15, 0.2) is 61.3 Å². The van der Waals surface area contributed by atoms with E-state index in [1.807, 2.05) is 18.2 Å². The monoisotopic (exact) mass is 989 g/mol.